The SMILES string of the molecule is CC(C)CC(NC(=O)c1[nH]ncc1[N+](=O)[O-])C(=O)O. The number of hydrogen-bond acceptors (Lipinski definition) is 5. The quantitative estimate of drug-likeness (QED) is 0.509. The fraction of sp³-hybridized carbons (Fsp3) is 0.500. The molecule has 1 aromatic rings. The van der Waals surface area contributed by atoms with E-state index < -0.39 is 28.5 Å². The van der Waals surface area contributed by atoms with E-state index in [2.05, 4.69) is 15.5 Å². The molecule has 0 aliphatic carbocycles. The molecule has 0 spiro atoms. The van der Waals surface area contributed by atoms with Gasteiger partial charge in [0.1, 0.15) is 12.2 Å². The van der Waals surface area contributed by atoms with Gasteiger partial charge in [0.2, 0.25) is 5.69 Å². The van der Waals surface area contributed by atoms with Crippen molar-refractivity contribution < 1.29 is 19.6 Å². The zero-order chi connectivity index (χ0) is 14.6. The van der Waals surface area contributed by atoms with Crippen molar-refractivity contribution in [3.8, 4) is 0 Å². The second kappa shape index (κ2) is 5.94. The Kier molecular flexibility index (Phi) is 4.56. The summed E-state index contributed by atoms with van der Waals surface area (Å²) in [5.41, 5.74) is -0.855. The number of carboxylic acid groups (broad SMARTS) is 1. The van der Waals surface area contributed by atoms with Crippen molar-refractivity contribution >= 4 is 17.6 Å². The third kappa shape index (κ3) is 3.76. The van der Waals surface area contributed by atoms with Gasteiger partial charge < -0.3 is 10.4 Å². The number of nitro groups is 1. The molecule has 1 unspecified atom stereocenters. The second-order valence-electron chi connectivity index (χ2n) is 4.38. The van der Waals surface area contributed by atoms with E-state index in [1.807, 2.05) is 0 Å². The molecule has 1 aromatic heterocycles. The number of rotatable bonds is 6. The van der Waals surface area contributed by atoms with Gasteiger partial charge >= 0.3 is 11.7 Å². The number of aromatic nitrogens is 2. The Bertz CT molecular complexity index is 496. The molecule has 1 heterocycles. The molecule has 104 valence electrons. The van der Waals surface area contributed by atoms with Gasteiger partial charge in [0.15, 0.2) is 0 Å². The molecule has 9 nitrogen and oxygen atoms in total. The highest BCUT2D eigenvalue weighted by molar-refractivity contribution is 5.98. The molecule has 3 N–H and O–H groups in total. The van der Waals surface area contributed by atoms with Crippen LogP contribution in [0, 0.1) is 16.0 Å². The summed E-state index contributed by atoms with van der Waals surface area (Å²) >= 11 is 0. The van der Waals surface area contributed by atoms with Gasteiger partial charge in [0.25, 0.3) is 5.91 Å². The summed E-state index contributed by atoms with van der Waals surface area (Å²) in [6.45, 7) is 3.61. The molecule has 0 aromatic carbocycles. The number of nitrogens with one attached hydrogen (secondary N) is 2. The number of hydrogen-bond donors (Lipinski definition) is 3. The van der Waals surface area contributed by atoms with Crippen LogP contribution in [-0.2, 0) is 4.79 Å². The third-order valence-electron chi connectivity index (χ3n) is 2.35. The number of aliphatic carboxylic acids is 1. The molecule has 1 rings (SSSR count). The Morgan fingerprint density at radius 3 is 2.68 bits per heavy atom. The zero-order valence-electron chi connectivity index (χ0n) is 10.4. The molecule has 0 aliphatic rings. The van der Waals surface area contributed by atoms with E-state index in [-0.39, 0.29) is 18.0 Å². The summed E-state index contributed by atoms with van der Waals surface area (Å²) in [6, 6.07) is -1.10. The zero-order valence-corrected chi connectivity index (χ0v) is 10.4. The minimum Gasteiger partial charge on any atom is -0.480 e. The molecule has 0 saturated heterocycles. The van der Waals surface area contributed by atoms with Crippen LogP contribution in [0.25, 0.3) is 0 Å². The average molecular weight is 270 g/mol. The van der Waals surface area contributed by atoms with Gasteiger partial charge in [-0.05, 0) is 12.3 Å². The van der Waals surface area contributed by atoms with Gasteiger partial charge in [-0.2, -0.15) is 5.10 Å². The summed E-state index contributed by atoms with van der Waals surface area (Å²) in [4.78, 5) is 32.6. The first-order valence-electron chi connectivity index (χ1n) is 5.54. The van der Waals surface area contributed by atoms with Gasteiger partial charge in [0, 0.05) is 0 Å². The Morgan fingerprint density at radius 1 is 1.58 bits per heavy atom. The number of carbonyl (C=O) groups is 2. The van der Waals surface area contributed by atoms with Crippen LogP contribution >= 0.6 is 0 Å². The fourth-order valence-electron chi connectivity index (χ4n) is 1.51. The average Bonchev–Trinajstić information content (AvgIpc) is 2.76. The minimum atomic E-state index is -1.19. The van der Waals surface area contributed by atoms with Crippen LogP contribution in [0.5, 0.6) is 0 Å². The Labute approximate surface area is 108 Å². The molecule has 0 fully saturated rings. The number of amides is 1. The molecule has 0 saturated carbocycles. The fourth-order valence-corrected chi connectivity index (χ4v) is 1.51. The Hall–Kier alpha value is -2.45. The molecule has 0 bridgehead atoms. The molecule has 0 aliphatic heterocycles. The van der Waals surface area contributed by atoms with Crippen molar-refractivity contribution in [1.29, 1.82) is 0 Å². The van der Waals surface area contributed by atoms with Crippen LogP contribution in [0.4, 0.5) is 5.69 Å². The van der Waals surface area contributed by atoms with Crippen LogP contribution < -0.4 is 5.32 Å². The number of nitrogens with zero attached hydrogens (tertiary/aromatic N) is 2. The minimum absolute atomic E-state index is 0.0538. The van der Waals surface area contributed by atoms with Crippen molar-refractivity contribution in [2.75, 3.05) is 0 Å². The lowest BCUT2D eigenvalue weighted by atomic mass is 10.0. The van der Waals surface area contributed by atoms with Crippen LogP contribution in [-0.4, -0.2) is 38.1 Å². The van der Waals surface area contributed by atoms with Gasteiger partial charge in [-0.25, -0.2) is 4.79 Å². The largest absolute Gasteiger partial charge is 0.480 e. The maximum absolute atomic E-state index is 11.8. The molecular formula is C10H14N4O5. The topological polar surface area (TPSA) is 138 Å². The van der Waals surface area contributed by atoms with Crippen LogP contribution in [0.2, 0.25) is 0 Å². The number of aromatic amines is 1. The number of H-pyrrole nitrogens is 1. The smallest absolute Gasteiger partial charge is 0.326 e. The predicted molar refractivity (Wildman–Crippen MR) is 63.6 cm³/mol. The van der Waals surface area contributed by atoms with E-state index in [4.69, 9.17) is 5.11 Å². The number of carbonyl (C=O) groups excluding carboxylic acids is 1. The predicted octanol–water partition coefficient (Wildman–Crippen LogP) is 0.547. The lowest BCUT2D eigenvalue weighted by molar-refractivity contribution is -0.385. The highest BCUT2D eigenvalue weighted by Gasteiger charge is 2.27. The van der Waals surface area contributed by atoms with Crippen LogP contribution in [0.3, 0.4) is 0 Å². The standard InChI is InChI=1S/C10H14N4O5/c1-5(2)3-6(10(16)17)12-9(15)8-7(14(18)19)4-11-13-8/h4-6H,3H2,1-2H3,(H,11,13)(H,12,15)(H,16,17). The van der Waals surface area contributed by atoms with Crippen molar-refractivity contribution in [2.45, 2.75) is 26.3 Å². The van der Waals surface area contributed by atoms with Crippen molar-refractivity contribution in [1.82, 2.24) is 15.5 Å². The van der Waals surface area contributed by atoms with Crippen LogP contribution in [0.15, 0.2) is 6.20 Å². The van der Waals surface area contributed by atoms with Gasteiger partial charge in [-0.3, -0.25) is 20.0 Å². The number of carboxylic acids is 1. The van der Waals surface area contributed by atoms with Crippen molar-refractivity contribution in [3.05, 3.63) is 22.0 Å². The maximum Gasteiger partial charge on any atom is 0.326 e. The van der Waals surface area contributed by atoms with E-state index in [1.165, 1.54) is 0 Å². The monoisotopic (exact) mass is 270 g/mol. The summed E-state index contributed by atoms with van der Waals surface area (Å²) in [7, 11) is 0. The van der Waals surface area contributed by atoms with Crippen molar-refractivity contribution in [2.24, 2.45) is 5.92 Å². The van der Waals surface area contributed by atoms with E-state index in [9.17, 15) is 19.7 Å². The Morgan fingerprint density at radius 2 is 2.21 bits per heavy atom. The highest BCUT2D eigenvalue weighted by atomic mass is 16.6. The summed E-state index contributed by atoms with van der Waals surface area (Å²) < 4.78 is 0. The normalized spacial score (nSPS) is 12.2. The lowest BCUT2D eigenvalue weighted by Gasteiger charge is -2.15. The summed E-state index contributed by atoms with van der Waals surface area (Å²) in [5, 5.41) is 27.4. The maximum atomic E-state index is 11.8. The molecule has 1 amide bonds. The molecule has 9 heteroatoms. The first kappa shape index (κ1) is 14.6. The van der Waals surface area contributed by atoms with Crippen LogP contribution in [0.1, 0.15) is 30.8 Å². The van der Waals surface area contributed by atoms with E-state index in [0.717, 1.165) is 6.20 Å². The van der Waals surface area contributed by atoms with Gasteiger partial charge in [0.05, 0.1) is 4.92 Å². The van der Waals surface area contributed by atoms with E-state index in [0.29, 0.717) is 0 Å². The highest BCUT2D eigenvalue weighted by Crippen LogP contribution is 2.15. The first-order chi connectivity index (χ1) is 8.82. The van der Waals surface area contributed by atoms with E-state index in [1.54, 1.807) is 13.8 Å². The second-order valence-corrected chi connectivity index (χ2v) is 4.38. The van der Waals surface area contributed by atoms with Crippen molar-refractivity contribution in [3.63, 3.8) is 0 Å². The third-order valence-corrected chi connectivity index (χ3v) is 2.35. The molecular weight excluding hydrogens is 256 g/mol. The molecule has 1 atom stereocenters. The van der Waals surface area contributed by atoms with Gasteiger partial charge in [-0.1, -0.05) is 13.8 Å². The summed E-state index contributed by atoms with van der Waals surface area (Å²) in [5.74, 6) is -2.00. The first-order valence-corrected chi connectivity index (χ1v) is 5.54. The molecule has 0 radical (unpaired) electrons. The molecule has 19 heavy (non-hydrogen) atoms. The Balaban J connectivity index is 2.85. The van der Waals surface area contributed by atoms with E-state index >= 15 is 0 Å². The lowest BCUT2D eigenvalue weighted by Crippen LogP contribution is -2.41. The summed E-state index contributed by atoms with van der Waals surface area (Å²) in [6.07, 6.45) is 1.12. The van der Waals surface area contributed by atoms with Gasteiger partial charge in [-0.15, -0.1) is 0 Å².